The number of hydrogen-bond donors (Lipinski definition) is 1. The Balaban J connectivity index is 1.58. The lowest BCUT2D eigenvalue weighted by Gasteiger charge is -2.18. The third-order valence-electron chi connectivity index (χ3n) is 3.83. The van der Waals surface area contributed by atoms with Gasteiger partial charge in [0.15, 0.2) is 0 Å². The van der Waals surface area contributed by atoms with Crippen LogP contribution in [0.15, 0.2) is 18.2 Å². The minimum atomic E-state index is -0.594. The second-order valence-electron chi connectivity index (χ2n) is 5.75. The normalized spacial score (nSPS) is 19.7. The minimum absolute atomic E-state index is 0.0437. The van der Waals surface area contributed by atoms with Crippen LogP contribution in [0.4, 0.5) is 8.78 Å². The van der Waals surface area contributed by atoms with E-state index in [9.17, 15) is 13.6 Å². The predicted molar refractivity (Wildman–Crippen MR) is 75.5 cm³/mol. The first-order valence-electron chi connectivity index (χ1n) is 6.93. The van der Waals surface area contributed by atoms with Gasteiger partial charge in [-0.25, -0.2) is 8.78 Å². The number of hydrogen-bond acceptors (Lipinski definition) is 2. The summed E-state index contributed by atoms with van der Waals surface area (Å²) >= 11 is 1.64. The Kier molecular flexibility index (Phi) is 3.71. The van der Waals surface area contributed by atoms with Crippen molar-refractivity contribution in [2.75, 3.05) is 11.5 Å². The van der Waals surface area contributed by atoms with E-state index in [0.29, 0.717) is 11.3 Å². The lowest BCUT2D eigenvalue weighted by atomic mass is 10.0. The van der Waals surface area contributed by atoms with Gasteiger partial charge in [-0.1, -0.05) is 0 Å². The molecule has 1 amide bonds. The Morgan fingerprint density at radius 3 is 2.45 bits per heavy atom. The summed E-state index contributed by atoms with van der Waals surface area (Å²) < 4.78 is 26.5. The predicted octanol–water partition coefficient (Wildman–Crippen LogP) is 3.21. The molecular weight excluding hydrogens is 280 g/mol. The van der Waals surface area contributed by atoms with E-state index in [4.69, 9.17) is 0 Å². The lowest BCUT2D eigenvalue weighted by Crippen LogP contribution is -2.36. The number of halogens is 2. The van der Waals surface area contributed by atoms with E-state index in [1.54, 1.807) is 11.8 Å². The van der Waals surface area contributed by atoms with E-state index in [-0.39, 0.29) is 5.91 Å². The van der Waals surface area contributed by atoms with Crippen molar-refractivity contribution in [3.63, 3.8) is 0 Å². The van der Waals surface area contributed by atoms with Crippen LogP contribution in [0.3, 0.4) is 0 Å². The summed E-state index contributed by atoms with van der Waals surface area (Å²) in [4.78, 5) is 11.9. The molecule has 0 atom stereocenters. The summed E-state index contributed by atoms with van der Waals surface area (Å²) in [5.74, 6) is 1.02. The maximum absolute atomic E-state index is 13.3. The zero-order valence-electron chi connectivity index (χ0n) is 11.1. The smallest absolute Gasteiger partial charge is 0.230 e. The SMILES string of the molecule is O=C(CSCC1CC1)NC1(c2cc(F)cc(F)c2)CC1. The molecule has 2 fully saturated rings. The molecular formula is C15H17F2NOS. The fourth-order valence-electron chi connectivity index (χ4n) is 2.35. The van der Waals surface area contributed by atoms with Crippen LogP contribution in [-0.2, 0) is 10.3 Å². The highest BCUT2D eigenvalue weighted by molar-refractivity contribution is 7.99. The highest BCUT2D eigenvalue weighted by atomic mass is 32.2. The van der Waals surface area contributed by atoms with Crippen molar-refractivity contribution in [2.24, 2.45) is 5.92 Å². The summed E-state index contributed by atoms with van der Waals surface area (Å²) in [5.41, 5.74) is -0.00396. The van der Waals surface area contributed by atoms with E-state index >= 15 is 0 Å². The Morgan fingerprint density at radius 1 is 1.25 bits per heavy atom. The van der Waals surface area contributed by atoms with Crippen LogP contribution in [0, 0.1) is 17.6 Å². The molecule has 0 bridgehead atoms. The van der Waals surface area contributed by atoms with Crippen molar-refractivity contribution in [1.29, 1.82) is 0 Å². The van der Waals surface area contributed by atoms with E-state index < -0.39 is 17.2 Å². The standard InChI is InChI=1S/C15H17F2NOS/c16-12-5-11(6-13(17)7-12)15(3-4-15)18-14(19)9-20-8-10-1-2-10/h5-7,10H,1-4,8-9H2,(H,18,19). The number of rotatable bonds is 6. The molecule has 20 heavy (non-hydrogen) atoms. The molecule has 0 spiro atoms. The Hall–Kier alpha value is -1.10. The van der Waals surface area contributed by atoms with Gasteiger partial charge in [-0.2, -0.15) is 11.8 Å². The molecule has 3 rings (SSSR count). The van der Waals surface area contributed by atoms with E-state index in [2.05, 4.69) is 5.32 Å². The minimum Gasteiger partial charge on any atom is -0.346 e. The molecule has 2 aliphatic rings. The maximum Gasteiger partial charge on any atom is 0.230 e. The molecule has 0 heterocycles. The fraction of sp³-hybridized carbons (Fsp3) is 0.533. The number of carbonyl (C=O) groups excluding carboxylic acids is 1. The Bertz CT molecular complexity index is 506. The van der Waals surface area contributed by atoms with Crippen LogP contribution in [0.5, 0.6) is 0 Å². The van der Waals surface area contributed by atoms with Crippen LogP contribution in [0.2, 0.25) is 0 Å². The number of nitrogens with one attached hydrogen (secondary N) is 1. The van der Waals surface area contributed by atoms with Gasteiger partial charge in [0.25, 0.3) is 0 Å². The first kappa shape index (κ1) is 13.9. The number of amides is 1. The van der Waals surface area contributed by atoms with E-state index in [0.717, 1.165) is 30.6 Å². The third kappa shape index (κ3) is 3.32. The fourth-order valence-corrected chi connectivity index (χ4v) is 3.39. The quantitative estimate of drug-likeness (QED) is 0.873. The van der Waals surface area contributed by atoms with Crippen molar-refractivity contribution in [1.82, 2.24) is 5.32 Å². The summed E-state index contributed by atoms with van der Waals surface area (Å²) in [6.07, 6.45) is 4.05. The van der Waals surface area contributed by atoms with Gasteiger partial charge >= 0.3 is 0 Å². The van der Waals surface area contributed by atoms with Gasteiger partial charge in [-0.15, -0.1) is 0 Å². The van der Waals surface area contributed by atoms with Gasteiger partial charge in [0.2, 0.25) is 5.91 Å². The van der Waals surface area contributed by atoms with Crippen LogP contribution >= 0.6 is 11.8 Å². The summed E-state index contributed by atoms with van der Waals surface area (Å²) in [7, 11) is 0. The molecule has 1 aromatic rings. The molecule has 2 saturated carbocycles. The first-order chi connectivity index (χ1) is 9.57. The van der Waals surface area contributed by atoms with E-state index in [1.807, 2.05) is 0 Å². The van der Waals surface area contributed by atoms with Gasteiger partial charge in [0.05, 0.1) is 11.3 Å². The van der Waals surface area contributed by atoms with Gasteiger partial charge in [0, 0.05) is 6.07 Å². The molecule has 0 aromatic heterocycles. The topological polar surface area (TPSA) is 29.1 Å². The molecule has 1 N–H and O–H groups in total. The number of thioether (sulfide) groups is 1. The van der Waals surface area contributed by atoms with Gasteiger partial charge in [-0.3, -0.25) is 4.79 Å². The second-order valence-corrected chi connectivity index (χ2v) is 6.78. The van der Waals surface area contributed by atoms with Crippen molar-refractivity contribution in [2.45, 2.75) is 31.2 Å². The van der Waals surface area contributed by atoms with Crippen LogP contribution in [0.1, 0.15) is 31.2 Å². The van der Waals surface area contributed by atoms with E-state index in [1.165, 1.54) is 25.0 Å². The molecule has 0 aliphatic heterocycles. The van der Waals surface area contributed by atoms with Crippen LogP contribution in [0.25, 0.3) is 0 Å². The maximum atomic E-state index is 13.3. The Morgan fingerprint density at radius 2 is 1.90 bits per heavy atom. The zero-order valence-corrected chi connectivity index (χ0v) is 11.9. The number of carbonyl (C=O) groups is 1. The Labute approximate surface area is 121 Å². The summed E-state index contributed by atoms with van der Waals surface area (Å²) in [5, 5.41) is 2.94. The second kappa shape index (κ2) is 5.35. The molecule has 0 radical (unpaired) electrons. The largest absolute Gasteiger partial charge is 0.346 e. The van der Waals surface area contributed by atoms with Crippen molar-refractivity contribution >= 4 is 17.7 Å². The van der Waals surface area contributed by atoms with Crippen LogP contribution in [-0.4, -0.2) is 17.4 Å². The van der Waals surface area contributed by atoms with Crippen molar-refractivity contribution < 1.29 is 13.6 Å². The first-order valence-corrected chi connectivity index (χ1v) is 8.08. The zero-order chi connectivity index (χ0) is 14.2. The highest BCUT2D eigenvalue weighted by Crippen LogP contribution is 2.46. The number of benzene rings is 1. The average molecular weight is 297 g/mol. The molecule has 0 saturated heterocycles. The molecule has 5 heteroatoms. The summed E-state index contributed by atoms with van der Waals surface area (Å²) in [6.45, 7) is 0. The van der Waals surface area contributed by atoms with Gasteiger partial charge in [0.1, 0.15) is 11.6 Å². The molecule has 108 valence electrons. The highest BCUT2D eigenvalue weighted by Gasteiger charge is 2.46. The third-order valence-corrected chi connectivity index (χ3v) is 5.00. The van der Waals surface area contributed by atoms with Crippen molar-refractivity contribution in [3.8, 4) is 0 Å². The van der Waals surface area contributed by atoms with Crippen LogP contribution < -0.4 is 5.32 Å². The van der Waals surface area contributed by atoms with Crippen molar-refractivity contribution in [3.05, 3.63) is 35.4 Å². The monoisotopic (exact) mass is 297 g/mol. The summed E-state index contributed by atoms with van der Waals surface area (Å²) in [6, 6.07) is 3.48. The average Bonchev–Trinajstić information content (AvgIpc) is 3.23. The molecule has 2 nitrogen and oxygen atoms in total. The molecule has 1 aromatic carbocycles. The van der Waals surface area contributed by atoms with Gasteiger partial charge < -0.3 is 5.32 Å². The molecule has 0 unspecified atom stereocenters. The van der Waals surface area contributed by atoms with Gasteiger partial charge in [-0.05, 0) is 55.1 Å². The lowest BCUT2D eigenvalue weighted by molar-refractivity contribution is -0.119. The molecule has 2 aliphatic carbocycles.